The largest absolute Gasteiger partial charge is 0.390 e. The Bertz CT molecular complexity index is 733. The van der Waals surface area contributed by atoms with Crippen LogP contribution in [0.5, 0.6) is 0 Å². The van der Waals surface area contributed by atoms with E-state index in [1.807, 2.05) is 35.2 Å². The molecule has 0 amide bonds. The molecule has 144 valence electrons. The van der Waals surface area contributed by atoms with E-state index < -0.39 is 6.10 Å². The number of rotatable bonds is 7. The zero-order chi connectivity index (χ0) is 19.4. The fourth-order valence-electron chi connectivity index (χ4n) is 3.84. The number of ketones is 2. The molecule has 5 heteroatoms. The van der Waals surface area contributed by atoms with Gasteiger partial charge in [0.15, 0.2) is 11.6 Å². The van der Waals surface area contributed by atoms with E-state index in [-0.39, 0.29) is 17.5 Å². The van der Waals surface area contributed by atoms with Gasteiger partial charge in [0, 0.05) is 48.5 Å². The normalized spacial score (nSPS) is 19.9. The number of aliphatic hydroxyl groups is 1. The molecule has 1 aromatic rings. The van der Waals surface area contributed by atoms with Crippen LogP contribution in [0.3, 0.4) is 0 Å². The molecule has 1 atom stereocenters. The minimum Gasteiger partial charge on any atom is -0.390 e. The van der Waals surface area contributed by atoms with Gasteiger partial charge in [-0.05, 0) is 32.9 Å². The topological polar surface area (TPSA) is 60.9 Å². The molecule has 0 bridgehead atoms. The quantitative estimate of drug-likeness (QED) is 0.750. The maximum Gasteiger partial charge on any atom is 0.166 e. The number of carbonyl (C=O) groups excluding carboxylic acids is 2. The molecule has 2 aliphatic rings. The summed E-state index contributed by atoms with van der Waals surface area (Å²) in [5.41, 5.74) is 2.38. The number of hydrogen-bond donors (Lipinski definition) is 1. The Balaban J connectivity index is 1.46. The predicted molar refractivity (Wildman–Crippen MR) is 105 cm³/mol. The minimum atomic E-state index is -0.523. The molecular formula is C22H28N2O3. The highest BCUT2D eigenvalue weighted by atomic mass is 16.3. The Hall–Kier alpha value is -2.24. The summed E-state index contributed by atoms with van der Waals surface area (Å²) in [6, 6.07) is 9.48. The molecule has 0 aliphatic carbocycles. The summed E-state index contributed by atoms with van der Waals surface area (Å²) in [5, 5.41) is 10.5. The third-order valence-electron chi connectivity index (χ3n) is 5.46. The van der Waals surface area contributed by atoms with Crippen LogP contribution in [-0.4, -0.2) is 58.8 Å². The van der Waals surface area contributed by atoms with Gasteiger partial charge in [-0.25, -0.2) is 0 Å². The van der Waals surface area contributed by atoms with Gasteiger partial charge in [0.25, 0.3) is 0 Å². The number of allylic oxidation sites excluding steroid dienone is 1. The molecule has 1 saturated heterocycles. The average Bonchev–Trinajstić information content (AvgIpc) is 3.03. The number of carbonyl (C=O) groups is 2. The Morgan fingerprint density at radius 1 is 1.19 bits per heavy atom. The van der Waals surface area contributed by atoms with Gasteiger partial charge in [0.05, 0.1) is 6.10 Å². The highest BCUT2D eigenvalue weighted by molar-refractivity contribution is 5.97. The van der Waals surface area contributed by atoms with Gasteiger partial charge in [-0.1, -0.05) is 36.9 Å². The summed E-state index contributed by atoms with van der Waals surface area (Å²) < 4.78 is 0. The van der Waals surface area contributed by atoms with Crippen LogP contribution in [0.25, 0.3) is 0 Å². The lowest BCUT2D eigenvalue weighted by atomic mass is 9.89. The second-order valence-electron chi connectivity index (χ2n) is 7.56. The van der Waals surface area contributed by atoms with Crippen molar-refractivity contribution in [3.8, 4) is 0 Å². The van der Waals surface area contributed by atoms with Crippen LogP contribution in [0, 0.1) is 5.92 Å². The van der Waals surface area contributed by atoms with Gasteiger partial charge in [-0.2, -0.15) is 0 Å². The molecule has 0 aromatic heterocycles. The fourth-order valence-corrected chi connectivity index (χ4v) is 3.84. The smallest absolute Gasteiger partial charge is 0.166 e. The van der Waals surface area contributed by atoms with Gasteiger partial charge in [-0.3, -0.25) is 9.59 Å². The van der Waals surface area contributed by atoms with Crippen LogP contribution in [0.1, 0.15) is 36.5 Å². The first-order valence-electron chi connectivity index (χ1n) is 9.59. The summed E-state index contributed by atoms with van der Waals surface area (Å²) in [6.07, 6.45) is 3.50. The van der Waals surface area contributed by atoms with Crippen LogP contribution >= 0.6 is 0 Å². The molecule has 1 unspecified atom stereocenters. The zero-order valence-electron chi connectivity index (χ0n) is 15.9. The predicted octanol–water partition coefficient (Wildman–Crippen LogP) is 2.63. The summed E-state index contributed by atoms with van der Waals surface area (Å²) >= 11 is 0. The van der Waals surface area contributed by atoms with E-state index in [0.29, 0.717) is 19.5 Å². The highest BCUT2D eigenvalue weighted by Crippen LogP contribution is 2.25. The molecule has 0 radical (unpaired) electrons. The molecule has 2 heterocycles. The molecule has 1 aromatic carbocycles. The summed E-state index contributed by atoms with van der Waals surface area (Å²) in [5.74, 6) is 0.351. The number of piperidine rings is 1. The van der Waals surface area contributed by atoms with Crippen LogP contribution in [0.2, 0.25) is 0 Å². The fraction of sp³-hybridized carbons (Fsp3) is 0.455. The van der Waals surface area contributed by atoms with E-state index >= 15 is 0 Å². The molecule has 1 N–H and O–H groups in total. The summed E-state index contributed by atoms with van der Waals surface area (Å²) in [6.45, 7) is 8.18. The second kappa shape index (κ2) is 8.63. The maximum absolute atomic E-state index is 12.6. The molecule has 27 heavy (non-hydrogen) atoms. The first-order valence-corrected chi connectivity index (χ1v) is 9.59. The number of nitrogens with zero attached hydrogens (tertiary/aromatic N) is 2. The van der Waals surface area contributed by atoms with Crippen molar-refractivity contribution in [2.75, 3.05) is 26.2 Å². The highest BCUT2D eigenvalue weighted by Gasteiger charge is 2.27. The van der Waals surface area contributed by atoms with Gasteiger partial charge in [-0.15, -0.1) is 0 Å². The lowest BCUT2D eigenvalue weighted by molar-refractivity contribution is -0.113. The number of Topliss-reactive ketones (excluding diaryl/α,β-unsaturated/α-hetero) is 2. The molecule has 2 aliphatic heterocycles. The van der Waals surface area contributed by atoms with Crippen LogP contribution < -0.4 is 0 Å². The molecule has 0 spiro atoms. The third-order valence-corrected chi connectivity index (χ3v) is 5.46. The van der Waals surface area contributed by atoms with Crippen molar-refractivity contribution in [3.05, 3.63) is 59.9 Å². The Labute approximate surface area is 161 Å². The van der Waals surface area contributed by atoms with Crippen LogP contribution in [-0.2, 0) is 4.79 Å². The number of likely N-dealkylation sites (tertiary alicyclic amines) is 1. The van der Waals surface area contributed by atoms with Gasteiger partial charge >= 0.3 is 0 Å². The first kappa shape index (κ1) is 19.5. The van der Waals surface area contributed by atoms with Crippen molar-refractivity contribution < 1.29 is 14.7 Å². The van der Waals surface area contributed by atoms with Gasteiger partial charge in [0.1, 0.15) is 0 Å². The van der Waals surface area contributed by atoms with E-state index in [1.165, 1.54) is 0 Å². The standard InChI is InChI=1S/C22H28N2O3/c1-16-12-20(17(2)25)13-24(16)15-21(26)14-23-10-8-19(9-11-23)22(27)18-6-4-3-5-7-18/h3-7,13,19,21,26H,1,8-12,14-15H2,2H3. The van der Waals surface area contributed by atoms with Crippen molar-refractivity contribution in [2.24, 2.45) is 5.92 Å². The molecule has 1 fully saturated rings. The summed E-state index contributed by atoms with van der Waals surface area (Å²) in [7, 11) is 0. The second-order valence-corrected chi connectivity index (χ2v) is 7.56. The number of benzene rings is 1. The lowest BCUT2D eigenvalue weighted by Crippen LogP contribution is -2.43. The molecule has 0 saturated carbocycles. The van der Waals surface area contributed by atoms with Crippen molar-refractivity contribution in [3.63, 3.8) is 0 Å². The third kappa shape index (κ3) is 4.93. The zero-order valence-corrected chi connectivity index (χ0v) is 15.9. The Kier molecular flexibility index (Phi) is 6.24. The average molecular weight is 368 g/mol. The monoisotopic (exact) mass is 368 g/mol. The van der Waals surface area contributed by atoms with Gasteiger partial charge < -0.3 is 14.9 Å². The van der Waals surface area contributed by atoms with E-state index in [2.05, 4.69) is 11.5 Å². The molecule has 3 rings (SSSR count). The molecular weight excluding hydrogens is 340 g/mol. The van der Waals surface area contributed by atoms with E-state index in [1.54, 1.807) is 13.1 Å². The lowest BCUT2D eigenvalue weighted by Gasteiger charge is -2.33. The van der Waals surface area contributed by atoms with E-state index in [4.69, 9.17) is 0 Å². The van der Waals surface area contributed by atoms with E-state index in [0.717, 1.165) is 42.8 Å². The summed E-state index contributed by atoms with van der Waals surface area (Å²) in [4.78, 5) is 28.2. The van der Waals surface area contributed by atoms with Crippen molar-refractivity contribution in [1.29, 1.82) is 0 Å². The SMILES string of the molecule is C=C1CC(C(C)=O)=CN1CC(O)CN1CCC(C(=O)c2ccccc2)CC1. The Morgan fingerprint density at radius 2 is 1.85 bits per heavy atom. The van der Waals surface area contributed by atoms with Crippen molar-refractivity contribution in [1.82, 2.24) is 9.80 Å². The minimum absolute atomic E-state index is 0.0540. The van der Waals surface area contributed by atoms with Crippen LogP contribution in [0.15, 0.2) is 54.4 Å². The van der Waals surface area contributed by atoms with E-state index in [9.17, 15) is 14.7 Å². The van der Waals surface area contributed by atoms with Gasteiger partial charge in [0.2, 0.25) is 0 Å². The number of hydrogen-bond acceptors (Lipinski definition) is 5. The number of aliphatic hydroxyl groups excluding tert-OH is 1. The van der Waals surface area contributed by atoms with Crippen molar-refractivity contribution in [2.45, 2.75) is 32.3 Å². The van der Waals surface area contributed by atoms with Crippen molar-refractivity contribution >= 4 is 11.6 Å². The molecule has 5 nitrogen and oxygen atoms in total. The number of β-amino-alcohol motifs (C(OH)–C–C–N with tert-alkyl or cyclic N) is 1. The first-order chi connectivity index (χ1) is 12.9. The van der Waals surface area contributed by atoms with Crippen LogP contribution in [0.4, 0.5) is 0 Å². The maximum atomic E-state index is 12.6. The Morgan fingerprint density at radius 3 is 2.44 bits per heavy atom.